The molecule has 0 bridgehead atoms. The van der Waals surface area contributed by atoms with Gasteiger partial charge in [-0.1, -0.05) is 39.8 Å². The highest BCUT2D eigenvalue weighted by atomic mass is 32.2. The van der Waals surface area contributed by atoms with Gasteiger partial charge in [0.2, 0.25) is 0 Å². The Morgan fingerprint density at radius 2 is 1.69 bits per heavy atom. The molecule has 1 aromatic heterocycles. The van der Waals surface area contributed by atoms with Crippen LogP contribution in [-0.4, -0.2) is 34.3 Å². The molecule has 0 aliphatic carbocycles. The number of hydrogen-bond acceptors (Lipinski definition) is 5. The molecule has 0 saturated heterocycles. The largest absolute Gasteiger partial charge is 0.478 e. The molecule has 2 N–H and O–H groups in total. The molecule has 0 amide bonds. The van der Waals surface area contributed by atoms with Crippen molar-refractivity contribution in [2.24, 2.45) is 7.05 Å². The quantitative estimate of drug-likeness (QED) is 0.559. The minimum atomic E-state index is -3.87. The van der Waals surface area contributed by atoms with Gasteiger partial charge in [-0.05, 0) is 46.9 Å². The number of carbonyl (C=O) groups is 1. The van der Waals surface area contributed by atoms with E-state index in [2.05, 4.69) is 35.7 Å². The Hall–Kier alpha value is -3.20. The molecular formula is C23H28N4O4S. The minimum absolute atomic E-state index is 0.0651. The van der Waals surface area contributed by atoms with Gasteiger partial charge in [0.15, 0.2) is 0 Å². The molecule has 0 spiro atoms. The summed E-state index contributed by atoms with van der Waals surface area (Å²) in [6.45, 7) is 8.13. The first-order chi connectivity index (χ1) is 14.9. The van der Waals surface area contributed by atoms with Crippen LogP contribution in [-0.2, 0) is 35.3 Å². The van der Waals surface area contributed by atoms with Crippen molar-refractivity contribution in [1.82, 2.24) is 14.8 Å². The SMILES string of the molecule is CCc1nnc(Cc2cc(C(=O)O)ccc2NS(=O)(=O)c2ccc(C(C)(C)C)cc2)n1C. The maximum Gasteiger partial charge on any atom is 0.335 e. The summed E-state index contributed by atoms with van der Waals surface area (Å²) in [5.74, 6) is 0.306. The highest BCUT2D eigenvalue weighted by Crippen LogP contribution is 2.26. The molecule has 0 atom stereocenters. The first kappa shape index (κ1) is 23.5. The van der Waals surface area contributed by atoms with Crippen molar-refractivity contribution in [3.63, 3.8) is 0 Å². The van der Waals surface area contributed by atoms with Crippen LogP contribution in [0.3, 0.4) is 0 Å². The van der Waals surface area contributed by atoms with Crippen molar-refractivity contribution < 1.29 is 18.3 Å². The average Bonchev–Trinajstić information content (AvgIpc) is 3.07. The van der Waals surface area contributed by atoms with Crippen molar-refractivity contribution in [2.75, 3.05) is 4.72 Å². The summed E-state index contributed by atoms with van der Waals surface area (Å²) < 4.78 is 30.5. The lowest BCUT2D eigenvalue weighted by Gasteiger charge is -2.19. The molecule has 0 unspecified atom stereocenters. The van der Waals surface area contributed by atoms with Gasteiger partial charge < -0.3 is 9.67 Å². The molecule has 0 saturated carbocycles. The van der Waals surface area contributed by atoms with E-state index >= 15 is 0 Å². The molecule has 9 heteroatoms. The molecule has 0 aliphatic heterocycles. The first-order valence-electron chi connectivity index (χ1n) is 10.3. The Balaban J connectivity index is 1.97. The third kappa shape index (κ3) is 4.99. The van der Waals surface area contributed by atoms with Gasteiger partial charge in [-0.25, -0.2) is 13.2 Å². The highest BCUT2D eigenvalue weighted by molar-refractivity contribution is 7.92. The number of aromatic carboxylic acids is 1. The normalized spacial score (nSPS) is 12.0. The minimum Gasteiger partial charge on any atom is -0.478 e. The number of hydrogen-bond donors (Lipinski definition) is 2. The zero-order chi connectivity index (χ0) is 23.7. The molecule has 3 aromatic rings. The van der Waals surface area contributed by atoms with E-state index in [1.165, 1.54) is 18.2 Å². The molecule has 0 radical (unpaired) electrons. The predicted molar refractivity (Wildman–Crippen MR) is 123 cm³/mol. The van der Waals surface area contributed by atoms with E-state index < -0.39 is 16.0 Å². The smallest absolute Gasteiger partial charge is 0.335 e. The number of aryl methyl sites for hydroxylation is 1. The Morgan fingerprint density at radius 3 is 2.22 bits per heavy atom. The van der Waals surface area contributed by atoms with Gasteiger partial charge in [0, 0.05) is 19.9 Å². The number of anilines is 1. The lowest BCUT2D eigenvalue weighted by molar-refractivity contribution is 0.0696. The summed E-state index contributed by atoms with van der Waals surface area (Å²) in [5, 5.41) is 17.7. The van der Waals surface area contributed by atoms with Gasteiger partial charge in [-0.15, -0.1) is 10.2 Å². The van der Waals surface area contributed by atoms with Crippen LogP contribution in [0.25, 0.3) is 0 Å². The molecule has 3 rings (SSSR count). The summed E-state index contributed by atoms with van der Waals surface area (Å²) >= 11 is 0. The maximum atomic E-state index is 13.0. The number of carboxylic acids is 1. The van der Waals surface area contributed by atoms with E-state index in [-0.39, 0.29) is 22.3 Å². The second-order valence-electron chi connectivity index (χ2n) is 8.68. The van der Waals surface area contributed by atoms with Crippen molar-refractivity contribution in [3.8, 4) is 0 Å². The van der Waals surface area contributed by atoms with E-state index in [9.17, 15) is 18.3 Å². The third-order valence-electron chi connectivity index (χ3n) is 5.35. The van der Waals surface area contributed by atoms with Gasteiger partial charge in [0.1, 0.15) is 11.6 Å². The average molecular weight is 457 g/mol. The van der Waals surface area contributed by atoms with E-state index in [0.29, 0.717) is 23.5 Å². The standard InChI is InChI=1S/C23H28N4O4S/c1-6-20-24-25-21(27(20)5)14-16-13-15(22(28)29)7-12-19(16)26-32(30,31)18-10-8-17(9-11-18)23(2,3)4/h7-13,26H,6,14H2,1-5H3,(H,28,29). The van der Waals surface area contributed by atoms with Crippen LogP contribution in [0.5, 0.6) is 0 Å². The Kier molecular flexibility index (Phi) is 6.41. The summed E-state index contributed by atoms with van der Waals surface area (Å²) in [7, 11) is -2.04. The van der Waals surface area contributed by atoms with E-state index in [1.807, 2.05) is 18.5 Å². The Labute approximate surface area is 188 Å². The van der Waals surface area contributed by atoms with E-state index in [1.54, 1.807) is 24.3 Å². The van der Waals surface area contributed by atoms with Crippen molar-refractivity contribution >= 4 is 21.7 Å². The second kappa shape index (κ2) is 8.74. The first-order valence-corrected chi connectivity index (χ1v) is 11.8. The van der Waals surface area contributed by atoms with Gasteiger partial charge in [0.05, 0.1) is 16.1 Å². The fourth-order valence-electron chi connectivity index (χ4n) is 3.34. The molecule has 1 heterocycles. The third-order valence-corrected chi connectivity index (χ3v) is 6.73. The Morgan fingerprint density at radius 1 is 1.06 bits per heavy atom. The molecule has 0 aliphatic rings. The number of carboxylic acid groups (broad SMARTS) is 1. The van der Waals surface area contributed by atoms with Crippen LogP contribution >= 0.6 is 0 Å². The number of aromatic nitrogens is 3. The maximum absolute atomic E-state index is 13.0. The van der Waals surface area contributed by atoms with E-state index in [0.717, 1.165) is 11.4 Å². The highest BCUT2D eigenvalue weighted by Gasteiger charge is 2.20. The van der Waals surface area contributed by atoms with Crippen LogP contribution < -0.4 is 4.72 Å². The molecule has 0 fully saturated rings. The molecule has 8 nitrogen and oxygen atoms in total. The number of nitrogens with zero attached hydrogens (tertiary/aromatic N) is 3. The van der Waals surface area contributed by atoms with Crippen molar-refractivity contribution in [2.45, 2.75) is 50.8 Å². The van der Waals surface area contributed by atoms with Gasteiger partial charge in [0.25, 0.3) is 10.0 Å². The summed E-state index contributed by atoms with van der Waals surface area (Å²) in [6.07, 6.45) is 0.925. The van der Waals surface area contributed by atoms with Crippen LogP contribution in [0.1, 0.15) is 60.8 Å². The Bertz CT molecular complexity index is 1240. The van der Waals surface area contributed by atoms with Gasteiger partial charge >= 0.3 is 5.97 Å². The topological polar surface area (TPSA) is 114 Å². The van der Waals surface area contributed by atoms with Crippen LogP contribution in [0.15, 0.2) is 47.4 Å². The number of sulfonamides is 1. The van der Waals surface area contributed by atoms with Crippen LogP contribution in [0.4, 0.5) is 5.69 Å². The number of benzene rings is 2. The van der Waals surface area contributed by atoms with Gasteiger partial charge in [-0.2, -0.15) is 0 Å². The fraction of sp³-hybridized carbons (Fsp3) is 0.348. The lowest BCUT2D eigenvalue weighted by atomic mass is 9.87. The predicted octanol–water partition coefficient (Wildman–Crippen LogP) is 3.76. The van der Waals surface area contributed by atoms with Crippen molar-refractivity contribution in [3.05, 3.63) is 70.8 Å². The van der Waals surface area contributed by atoms with Crippen LogP contribution in [0.2, 0.25) is 0 Å². The summed E-state index contributed by atoms with van der Waals surface area (Å²) in [4.78, 5) is 11.6. The second-order valence-corrected chi connectivity index (χ2v) is 10.4. The summed E-state index contributed by atoms with van der Waals surface area (Å²) in [5.41, 5.74) is 1.80. The lowest BCUT2D eigenvalue weighted by Crippen LogP contribution is -2.16. The fourth-order valence-corrected chi connectivity index (χ4v) is 4.44. The van der Waals surface area contributed by atoms with Crippen LogP contribution in [0, 0.1) is 0 Å². The summed E-state index contributed by atoms with van der Waals surface area (Å²) in [6, 6.07) is 11.1. The zero-order valence-electron chi connectivity index (χ0n) is 18.9. The molecule has 32 heavy (non-hydrogen) atoms. The number of rotatable bonds is 7. The van der Waals surface area contributed by atoms with Gasteiger partial charge in [-0.3, -0.25) is 4.72 Å². The zero-order valence-corrected chi connectivity index (χ0v) is 19.7. The molecular weight excluding hydrogens is 428 g/mol. The molecule has 2 aromatic carbocycles. The molecule has 170 valence electrons. The monoisotopic (exact) mass is 456 g/mol. The van der Waals surface area contributed by atoms with E-state index in [4.69, 9.17) is 0 Å². The number of nitrogens with one attached hydrogen (secondary N) is 1. The van der Waals surface area contributed by atoms with Crippen molar-refractivity contribution in [1.29, 1.82) is 0 Å².